The number of anilines is 1. The van der Waals surface area contributed by atoms with Gasteiger partial charge in [-0.2, -0.15) is 15.0 Å². The summed E-state index contributed by atoms with van der Waals surface area (Å²) in [6.45, 7) is 3.77. The van der Waals surface area contributed by atoms with Crippen LogP contribution in [0.15, 0.2) is 18.2 Å². The topological polar surface area (TPSA) is 51.1 Å². The maximum Gasteiger partial charge on any atom is 0.328 e. The van der Waals surface area contributed by atoms with Crippen LogP contribution in [0.5, 0.6) is 11.8 Å². The van der Waals surface area contributed by atoms with Crippen LogP contribution in [0.3, 0.4) is 0 Å². The molecular formula is C14H14Cl2N4O. The van der Waals surface area contributed by atoms with E-state index in [9.17, 15) is 0 Å². The molecule has 0 atom stereocenters. The zero-order chi connectivity index (χ0) is 14.8. The molecule has 1 aliphatic heterocycles. The Labute approximate surface area is 132 Å². The molecule has 1 aromatic carbocycles. The SMILES string of the molecule is Cc1cc(Cl)ccc1Oc1nc(Cl)nc(N2CCCC2)n1. The van der Waals surface area contributed by atoms with Gasteiger partial charge < -0.3 is 9.64 Å². The minimum absolute atomic E-state index is 0.133. The number of benzene rings is 1. The van der Waals surface area contributed by atoms with Crippen LogP contribution in [0.4, 0.5) is 5.95 Å². The van der Waals surface area contributed by atoms with Crippen LogP contribution in [-0.2, 0) is 0 Å². The Morgan fingerprint density at radius 2 is 1.86 bits per heavy atom. The minimum Gasteiger partial charge on any atom is -0.424 e. The first-order chi connectivity index (χ1) is 10.1. The Balaban J connectivity index is 1.87. The maximum atomic E-state index is 5.97. The van der Waals surface area contributed by atoms with Crippen LogP contribution < -0.4 is 9.64 Å². The molecule has 2 heterocycles. The van der Waals surface area contributed by atoms with Gasteiger partial charge in [0.25, 0.3) is 0 Å². The average molecular weight is 325 g/mol. The third-order valence-corrected chi connectivity index (χ3v) is 3.71. The third kappa shape index (κ3) is 3.36. The molecule has 0 bridgehead atoms. The number of halogens is 2. The molecule has 1 aromatic heterocycles. The predicted octanol–water partition coefficient (Wildman–Crippen LogP) is 3.88. The largest absolute Gasteiger partial charge is 0.424 e. The van der Waals surface area contributed by atoms with Crippen molar-refractivity contribution in [3.8, 4) is 11.8 Å². The molecule has 0 N–H and O–H groups in total. The zero-order valence-corrected chi connectivity index (χ0v) is 13.0. The van der Waals surface area contributed by atoms with Crippen molar-refractivity contribution in [3.63, 3.8) is 0 Å². The monoisotopic (exact) mass is 324 g/mol. The number of nitrogens with zero attached hydrogens (tertiary/aromatic N) is 4. The molecular weight excluding hydrogens is 311 g/mol. The standard InChI is InChI=1S/C14H14Cl2N4O/c1-9-8-10(15)4-5-11(9)21-14-18-12(16)17-13(19-14)20-6-2-3-7-20/h4-5,8H,2-3,6-7H2,1H3. The van der Waals surface area contributed by atoms with Crippen molar-refractivity contribution in [3.05, 3.63) is 34.1 Å². The van der Waals surface area contributed by atoms with E-state index in [1.165, 1.54) is 0 Å². The predicted molar refractivity (Wildman–Crippen MR) is 82.5 cm³/mol. The van der Waals surface area contributed by atoms with Crippen molar-refractivity contribution < 1.29 is 4.74 Å². The molecule has 0 saturated carbocycles. The summed E-state index contributed by atoms with van der Waals surface area (Å²) in [6.07, 6.45) is 2.27. The van der Waals surface area contributed by atoms with E-state index in [2.05, 4.69) is 19.9 Å². The molecule has 1 fully saturated rings. The smallest absolute Gasteiger partial charge is 0.328 e. The van der Waals surface area contributed by atoms with Crippen LogP contribution in [-0.4, -0.2) is 28.0 Å². The lowest BCUT2D eigenvalue weighted by molar-refractivity contribution is 0.436. The van der Waals surface area contributed by atoms with Crippen molar-refractivity contribution in [1.29, 1.82) is 0 Å². The van der Waals surface area contributed by atoms with Gasteiger partial charge in [0.15, 0.2) is 0 Å². The molecule has 3 rings (SSSR count). The highest BCUT2D eigenvalue weighted by Gasteiger charge is 2.18. The second kappa shape index (κ2) is 6.03. The van der Waals surface area contributed by atoms with Crippen molar-refractivity contribution in [1.82, 2.24) is 15.0 Å². The lowest BCUT2D eigenvalue weighted by atomic mass is 10.2. The third-order valence-electron chi connectivity index (χ3n) is 3.30. The molecule has 2 aromatic rings. The fourth-order valence-corrected chi connectivity index (χ4v) is 2.63. The average Bonchev–Trinajstić information content (AvgIpc) is 2.95. The van der Waals surface area contributed by atoms with Gasteiger partial charge >= 0.3 is 6.01 Å². The Morgan fingerprint density at radius 3 is 2.57 bits per heavy atom. The van der Waals surface area contributed by atoms with Crippen molar-refractivity contribution >= 4 is 29.2 Å². The van der Waals surface area contributed by atoms with Crippen molar-refractivity contribution in [2.75, 3.05) is 18.0 Å². The molecule has 0 unspecified atom stereocenters. The van der Waals surface area contributed by atoms with Gasteiger partial charge in [0.05, 0.1) is 0 Å². The van der Waals surface area contributed by atoms with Crippen LogP contribution in [0, 0.1) is 6.92 Å². The fourth-order valence-electron chi connectivity index (χ4n) is 2.25. The maximum absolute atomic E-state index is 5.97. The van der Waals surface area contributed by atoms with Gasteiger partial charge in [-0.25, -0.2) is 0 Å². The molecule has 0 radical (unpaired) electrons. The highest BCUT2D eigenvalue weighted by atomic mass is 35.5. The van der Waals surface area contributed by atoms with Crippen LogP contribution in [0.2, 0.25) is 10.3 Å². The second-order valence-electron chi connectivity index (χ2n) is 4.89. The van der Waals surface area contributed by atoms with E-state index in [4.69, 9.17) is 27.9 Å². The molecule has 1 aliphatic rings. The van der Waals surface area contributed by atoms with Gasteiger partial charge in [-0.3, -0.25) is 0 Å². The van der Waals surface area contributed by atoms with E-state index in [0.717, 1.165) is 31.5 Å². The molecule has 0 amide bonds. The van der Waals surface area contributed by atoms with E-state index in [-0.39, 0.29) is 11.3 Å². The van der Waals surface area contributed by atoms with Crippen molar-refractivity contribution in [2.45, 2.75) is 19.8 Å². The molecule has 21 heavy (non-hydrogen) atoms. The molecule has 0 aliphatic carbocycles. The minimum atomic E-state index is 0.133. The van der Waals surface area contributed by atoms with Gasteiger partial charge in [0, 0.05) is 18.1 Å². The summed E-state index contributed by atoms with van der Waals surface area (Å²) in [7, 11) is 0. The molecule has 1 saturated heterocycles. The summed E-state index contributed by atoms with van der Waals surface area (Å²) in [6, 6.07) is 5.56. The quantitative estimate of drug-likeness (QED) is 0.857. The Kier molecular flexibility index (Phi) is 4.12. The normalized spacial score (nSPS) is 14.5. The molecule has 5 nitrogen and oxygen atoms in total. The number of hydrogen-bond acceptors (Lipinski definition) is 5. The van der Waals surface area contributed by atoms with E-state index in [1.54, 1.807) is 12.1 Å². The molecule has 110 valence electrons. The van der Waals surface area contributed by atoms with E-state index < -0.39 is 0 Å². The number of hydrogen-bond donors (Lipinski definition) is 0. The van der Waals surface area contributed by atoms with Gasteiger partial charge in [-0.15, -0.1) is 0 Å². The lowest BCUT2D eigenvalue weighted by Gasteiger charge is -2.15. The Hall–Kier alpha value is -1.59. The summed E-state index contributed by atoms with van der Waals surface area (Å²) >= 11 is 11.9. The number of rotatable bonds is 3. The van der Waals surface area contributed by atoms with Crippen LogP contribution in [0.1, 0.15) is 18.4 Å². The second-order valence-corrected chi connectivity index (χ2v) is 5.67. The van der Waals surface area contributed by atoms with Crippen molar-refractivity contribution in [2.24, 2.45) is 0 Å². The van der Waals surface area contributed by atoms with E-state index in [1.807, 2.05) is 13.0 Å². The lowest BCUT2D eigenvalue weighted by Crippen LogP contribution is -2.21. The first-order valence-corrected chi connectivity index (χ1v) is 7.48. The fraction of sp³-hybridized carbons (Fsp3) is 0.357. The number of aromatic nitrogens is 3. The molecule has 0 spiro atoms. The van der Waals surface area contributed by atoms with Gasteiger partial charge in [-0.05, 0) is 55.1 Å². The summed E-state index contributed by atoms with van der Waals surface area (Å²) < 4.78 is 5.71. The summed E-state index contributed by atoms with van der Waals surface area (Å²) in [5.74, 6) is 1.21. The highest BCUT2D eigenvalue weighted by molar-refractivity contribution is 6.30. The number of ether oxygens (including phenoxy) is 1. The Bertz CT molecular complexity index is 659. The first kappa shape index (κ1) is 14.4. The van der Waals surface area contributed by atoms with E-state index in [0.29, 0.717) is 16.7 Å². The highest BCUT2D eigenvalue weighted by Crippen LogP contribution is 2.27. The molecule has 7 heteroatoms. The first-order valence-electron chi connectivity index (χ1n) is 6.72. The van der Waals surface area contributed by atoms with Gasteiger partial charge in [0.1, 0.15) is 5.75 Å². The van der Waals surface area contributed by atoms with E-state index >= 15 is 0 Å². The van der Waals surface area contributed by atoms with Gasteiger partial charge in [-0.1, -0.05) is 11.6 Å². The van der Waals surface area contributed by atoms with Gasteiger partial charge in [0.2, 0.25) is 11.2 Å². The number of aryl methyl sites for hydroxylation is 1. The van der Waals surface area contributed by atoms with Crippen LogP contribution >= 0.6 is 23.2 Å². The summed E-state index contributed by atoms with van der Waals surface area (Å²) in [4.78, 5) is 14.6. The Morgan fingerprint density at radius 1 is 1.10 bits per heavy atom. The summed E-state index contributed by atoms with van der Waals surface area (Å²) in [5.41, 5.74) is 0.904. The summed E-state index contributed by atoms with van der Waals surface area (Å²) in [5, 5.41) is 0.791. The van der Waals surface area contributed by atoms with Crippen LogP contribution in [0.25, 0.3) is 0 Å². The zero-order valence-electron chi connectivity index (χ0n) is 11.5.